The highest BCUT2D eigenvalue weighted by Crippen LogP contribution is 2.42. The first kappa shape index (κ1) is 24.9. The number of aryl methyl sites for hydroxylation is 1. The molecule has 0 bridgehead atoms. The zero-order chi connectivity index (χ0) is 25.8. The highest BCUT2D eigenvalue weighted by molar-refractivity contribution is 6.46. The molecule has 1 heterocycles. The average Bonchev–Trinajstić information content (AvgIpc) is 3.16. The van der Waals surface area contributed by atoms with Gasteiger partial charge in [0.2, 0.25) is 0 Å². The molecule has 3 aromatic rings. The molecule has 1 atom stereocenters. The Balaban J connectivity index is 1.77. The van der Waals surface area contributed by atoms with Crippen LogP contribution in [0.5, 0.6) is 17.2 Å². The maximum Gasteiger partial charge on any atom is 0.295 e. The van der Waals surface area contributed by atoms with Gasteiger partial charge in [-0.25, -0.2) is 0 Å². The van der Waals surface area contributed by atoms with Gasteiger partial charge in [0.1, 0.15) is 11.5 Å². The van der Waals surface area contributed by atoms with Crippen LogP contribution in [0.3, 0.4) is 0 Å². The standard InChI is InChI=1S/C29H29NO6/c1-18-9-12-20(13-10-18)27(31)25-26(21-7-5-6-8-22(21)34-2)30(29(33)28(25)32)16-15-19-11-14-23(35-3)24(17-19)36-4/h5-14,17,26,31H,15-16H2,1-4H3/t26-/m1/s1. The second-order valence-corrected chi connectivity index (χ2v) is 8.54. The molecule has 1 saturated heterocycles. The summed E-state index contributed by atoms with van der Waals surface area (Å²) < 4.78 is 16.3. The number of carbonyl (C=O) groups excluding carboxylic acids is 2. The van der Waals surface area contributed by atoms with Crippen LogP contribution in [0, 0.1) is 6.92 Å². The molecule has 1 amide bonds. The first-order valence-electron chi connectivity index (χ1n) is 11.6. The predicted octanol–water partition coefficient (Wildman–Crippen LogP) is 4.69. The molecule has 3 aromatic carbocycles. The predicted molar refractivity (Wildman–Crippen MR) is 136 cm³/mol. The van der Waals surface area contributed by atoms with Crippen LogP contribution < -0.4 is 14.2 Å². The average molecular weight is 488 g/mol. The fourth-order valence-electron chi connectivity index (χ4n) is 4.48. The molecular weight excluding hydrogens is 458 g/mol. The molecule has 7 heteroatoms. The zero-order valence-corrected chi connectivity index (χ0v) is 20.8. The maximum atomic E-state index is 13.3. The molecule has 1 aliphatic rings. The number of carbonyl (C=O) groups is 2. The van der Waals surface area contributed by atoms with Crippen molar-refractivity contribution in [2.45, 2.75) is 19.4 Å². The second-order valence-electron chi connectivity index (χ2n) is 8.54. The van der Waals surface area contributed by atoms with E-state index in [1.807, 2.05) is 43.3 Å². The molecule has 4 rings (SSSR count). The van der Waals surface area contributed by atoms with Gasteiger partial charge in [-0.3, -0.25) is 9.59 Å². The van der Waals surface area contributed by atoms with Crippen LogP contribution in [0.2, 0.25) is 0 Å². The molecule has 0 aliphatic carbocycles. The minimum Gasteiger partial charge on any atom is -0.507 e. The summed E-state index contributed by atoms with van der Waals surface area (Å²) in [5.41, 5.74) is 3.06. The number of rotatable bonds is 8. The number of aliphatic hydroxyl groups excluding tert-OH is 1. The molecule has 1 aliphatic heterocycles. The van der Waals surface area contributed by atoms with Crippen molar-refractivity contribution < 1.29 is 28.9 Å². The molecule has 7 nitrogen and oxygen atoms in total. The highest BCUT2D eigenvalue weighted by atomic mass is 16.5. The van der Waals surface area contributed by atoms with Crippen LogP contribution in [-0.4, -0.2) is 49.6 Å². The van der Waals surface area contributed by atoms with Crippen LogP contribution in [-0.2, 0) is 16.0 Å². The smallest absolute Gasteiger partial charge is 0.295 e. The molecule has 0 radical (unpaired) electrons. The number of para-hydroxylation sites is 1. The van der Waals surface area contributed by atoms with Crippen LogP contribution >= 0.6 is 0 Å². The van der Waals surface area contributed by atoms with Gasteiger partial charge in [-0.1, -0.05) is 54.1 Å². The summed E-state index contributed by atoms with van der Waals surface area (Å²) in [7, 11) is 4.67. The number of nitrogens with zero attached hydrogens (tertiary/aromatic N) is 1. The summed E-state index contributed by atoms with van der Waals surface area (Å²) >= 11 is 0. The van der Waals surface area contributed by atoms with Gasteiger partial charge in [0.25, 0.3) is 11.7 Å². The lowest BCUT2D eigenvalue weighted by Crippen LogP contribution is -2.31. The second kappa shape index (κ2) is 10.6. The Kier molecular flexibility index (Phi) is 7.29. The number of ether oxygens (including phenoxy) is 3. The monoisotopic (exact) mass is 487 g/mol. The number of likely N-dealkylation sites (tertiary alicyclic amines) is 1. The Morgan fingerprint density at radius 3 is 2.19 bits per heavy atom. The van der Waals surface area contributed by atoms with Crippen molar-refractivity contribution in [3.8, 4) is 17.2 Å². The molecule has 0 saturated carbocycles. The van der Waals surface area contributed by atoms with Gasteiger partial charge in [-0.15, -0.1) is 0 Å². The fraction of sp³-hybridized carbons (Fsp3) is 0.241. The Bertz CT molecular complexity index is 1310. The molecule has 0 spiro atoms. The van der Waals surface area contributed by atoms with E-state index in [4.69, 9.17) is 14.2 Å². The number of hydrogen-bond donors (Lipinski definition) is 1. The largest absolute Gasteiger partial charge is 0.507 e. The van der Waals surface area contributed by atoms with Crippen molar-refractivity contribution in [3.63, 3.8) is 0 Å². The van der Waals surface area contributed by atoms with E-state index in [0.29, 0.717) is 34.8 Å². The number of hydrogen-bond acceptors (Lipinski definition) is 6. The zero-order valence-electron chi connectivity index (χ0n) is 20.8. The summed E-state index contributed by atoms with van der Waals surface area (Å²) in [4.78, 5) is 28.1. The van der Waals surface area contributed by atoms with Gasteiger partial charge in [0.15, 0.2) is 11.5 Å². The maximum absolute atomic E-state index is 13.3. The molecule has 186 valence electrons. The van der Waals surface area contributed by atoms with Gasteiger partial charge in [-0.2, -0.15) is 0 Å². The SMILES string of the molecule is COc1ccc(CCN2C(=O)C(=O)C(=C(O)c3ccc(C)cc3)[C@H]2c2ccccc2OC)cc1OC. The Hall–Kier alpha value is -4.26. The molecule has 1 N–H and O–H groups in total. The molecule has 0 unspecified atom stereocenters. The van der Waals surface area contributed by atoms with Crippen molar-refractivity contribution in [1.29, 1.82) is 0 Å². The number of Topliss-reactive ketones (excluding diaryl/α,β-unsaturated/α-hetero) is 1. The summed E-state index contributed by atoms with van der Waals surface area (Å²) in [5.74, 6) is 0.107. The first-order valence-corrected chi connectivity index (χ1v) is 11.6. The Labute approximate surface area is 210 Å². The van der Waals surface area contributed by atoms with Gasteiger partial charge in [0.05, 0.1) is 32.9 Å². The lowest BCUT2D eigenvalue weighted by atomic mass is 9.94. The minimum atomic E-state index is -0.803. The number of benzene rings is 3. The van der Waals surface area contributed by atoms with E-state index in [0.717, 1.165) is 11.1 Å². The van der Waals surface area contributed by atoms with Crippen molar-refractivity contribution in [2.75, 3.05) is 27.9 Å². The summed E-state index contributed by atoms with van der Waals surface area (Å²) in [6, 6.07) is 19.1. The van der Waals surface area contributed by atoms with E-state index in [1.54, 1.807) is 44.6 Å². The molecule has 36 heavy (non-hydrogen) atoms. The van der Waals surface area contributed by atoms with Crippen LogP contribution in [0.4, 0.5) is 0 Å². The Morgan fingerprint density at radius 2 is 1.53 bits per heavy atom. The lowest BCUT2D eigenvalue weighted by molar-refractivity contribution is -0.139. The summed E-state index contributed by atoms with van der Waals surface area (Å²) in [6.07, 6.45) is 0.462. The number of amides is 1. The van der Waals surface area contributed by atoms with Crippen LogP contribution in [0.1, 0.15) is 28.3 Å². The number of ketones is 1. The van der Waals surface area contributed by atoms with Gasteiger partial charge >= 0.3 is 0 Å². The van der Waals surface area contributed by atoms with Crippen molar-refractivity contribution in [2.24, 2.45) is 0 Å². The Morgan fingerprint density at radius 1 is 0.861 bits per heavy atom. The molecule has 0 aromatic heterocycles. The minimum absolute atomic E-state index is 0.0423. The van der Waals surface area contributed by atoms with Gasteiger partial charge in [-0.05, 0) is 37.1 Å². The van der Waals surface area contributed by atoms with E-state index in [2.05, 4.69) is 0 Å². The lowest BCUT2D eigenvalue weighted by Gasteiger charge is -2.26. The number of aliphatic hydroxyl groups is 1. The molecular formula is C29H29NO6. The topological polar surface area (TPSA) is 85.3 Å². The van der Waals surface area contributed by atoms with Gasteiger partial charge < -0.3 is 24.2 Å². The fourth-order valence-corrected chi connectivity index (χ4v) is 4.48. The molecule has 1 fully saturated rings. The van der Waals surface area contributed by atoms with E-state index < -0.39 is 17.7 Å². The number of methoxy groups -OCH3 is 3. The van der Waals surface area contributed by atoms with E-state index in [9.17, 15) is 14.7 Å². The normalized spacial score (nSPS) is 16.8. The third kappa shape index (κ3) is 4.64. The third-order valence-electron chi connectivity index (χ3n) is 6.39. The summed E-state index contributed by atoms with van der Waals surface area (Å²) in [6.45, 7) is 2.18. The van der Waals surface area contributed by atoms with Crippen molar-refractivity contribution in [3.05, 3.63) is 94.6 Å². The van der Waals surface area contributed by atoms with Crippen molar-refractivity contribution in [1.82, 2.24) is 4.90 Å². The highest BCUT2D eigenvalue weighted by Gasteiger charge is 2.46. The summed E-state index contributed by atoms with van der Waals surface area (Å²) in [5, 5.41) is 11.2. The van der Waals surface area contributed by atoms with E-state index in [-0.39, 0.29) is 17.9 Å². The first-order chi connectivity index (χ1) is 17.4. The third-order valence-corrected chi connectivity index (χ3v) is 6.39. The van der Waals surface area contributed by atoms with Gasteiger partial charge in [0, 0.05) is 17.7 Å². The van der Waals surface area contributed by atoms with E-state index in [1.165, 1.54) is 12.0 Å². The quantitative estimate of drug-likeness (QED) is 0.282. The van der Waals surface area contributed by atoms with Crippen molar-refractivity contribution >= 4 is 17.4 Å². The van der Waals surface area contributed by atoms with Crippen LogP contribution in [0.25, 0.3) is 5.76 Å². The van der Waals surface area contributed by atoms with E-state index >= 15 is 0 Å². The van der Waals surface area contributed by atoms with Crippen LogP contribution in [0.15, 0.2) is 72.3 Å².